The van der Waals surface area contributed by atoms with Crippen molar-refractivity contribution in [2.45, 2.75) is 248 Å². The Morgan fingerprint density at radius 1 is 0.796 bits per heavy atom. The Hall–Kier alpha value is -6.07. The zero-order valence-electron chi connectivity index (χ0n) is 67.4. The lowest BCUT2D eigenvalue weighted by Gasteiger charge is -2.47. The van der Waals surface area contributed by atoms with Crippen LogP contribution in [0, 0.1) is 29.6 Å². The molecule has 29 nitrogen and oxygen atoms in total. The van der Waals surface area contributed by atoms with Gasteiger partial charge in [-0.2, -0.15) is 11.8 Å². The van der Waals surface area contributed by atoms with Crippen molar-refractivity contribution in [1.29, 1.82) is 0 Å². The number of hydrogen-bond donors (Lipinski definition) is 6. The SMILES string of the molecule is C=CC[C@@H]1/C=C(\C)C[C@H](C)C[C@H](OC)[C@H]2O[C@@](O)(C(=O)C(=O)N3CCCC[C@H]3C(=O)O[C@H](/C(C)=C/[C@@H]3CC[C@@H](OC(C(=O)OCCCCc4cn(CCCNC(=O)CCOCCOCCOCCOCCNC(=O)CCCC[C@@H]5SC[C@@H]6NC(=O)N[C@@H]65)nn4)c4ccc(Br)cc4)[C@H](OC)C3)[C@H](C)[C@@H](O)CC1=O)[C@H](C)C[C@@H]2OC. The summed E-state index contributed by atoms with van der Waals surface area (Å²) in [5.41, 5.74) is 2.89. The van der Waals surface area contributed by atoms with Gasteiger partial charge in [0.25, 0.3) is 11.7 Å². The number of methoxy groups -OCH3 is 3. The van der Waals surface area contributed by atoms with Crippen LogP contribution < -0.4 is 21.3 Å². The number of aromatic nitrogens is 3. The van der Waals surface area contributed by atoms with E-state index in [1.54, 1.807) is 38.6 Å². The molecule has 0 radical (unpaired) electrons. The first kappa shape index (κ1) is 92.4. The first-order valence-corrected chi connectivity index (χ1v) is 42.5. The molecule has 632 valence electrons. The number of thioether (sulfide) groups is 1. The predicted octanol–water partition coefficient (Wildman–Crippen LogP) is 8.13. The molecule has 1 unspecified atom stereocenters. The Morgan fingerprint density at radius 2 is 1.49 bits per heavy atom. The van der Waals surface area contributed by atoms with Crippen molar-refractivity contribution in [2.75, 3.05) is 106 Å². The van der Waals surface area contributed by atoms with Crippen molar-refractivity contribution in [1.82, 2.24) is 41.2 Å². The van der Waals surface area contributed by atoms with Crippen LogP contribution in [0.25, 0.3) is 0 Å². The molecule has 4 saturated heterocycles. The van der Waals surface area contributed by atoms with E-state index in [2.05, 4.69) is 54.1 Å². The van der Waals surface area contributed by atoms with Gasteiger partial charge in [0.05, 0.1) is 108 Å². The molecule has 0 spiro atoms. The molecule has 31 heteroatoms. The van der Waals surface area contributed by atoms with Crippen LogP contribution in [0.15, 0.2) is 70.9 Å². The summed E-state index contributed by atoms with van der Waals surface area (Å²) in [4.78, 5) is 110. The second-order valence-electron chi connectivity index (χ2n) is 31.0. The fourth-order valence-corrected chi connectivity index (χ4v) is 17.8. The maximum absolute atomic E-state index is 14.9. The third-order valence-electron chi connectivity index (χ3n) is 22.3. The van der Waals surface area contributed by atoms with Gasteiger partial charge >= 0.3 is 18.0 Å². The van der Waals surface area contributed by atoms with Gasteiger partial charge in [-0.25, -0.2) is 14.4 Å². The van der Waals surface area contributed by atoms with Crippen LogP contribution in [-0.2, 0) is 98.6 Å². The first-order chi connectivity index (χ1) is 54.4. The molecular formula is C82H125BrN8O21S. The number of ketones is 2. The molecule has 2 bridgehead atoms. The number of unbranched alkanes of at least 4 members (excludes halogenated alkanes) is 2. The van der Waals surface area contributed by atoms with Crippen molar-refractivity contribution in [3.63, 3.8) is 0 Å². The number of nitrogens with zero attached hydrogens (tertiary/aromatic N) is 4. The Morgan fingerprint density at radius 3 is 2.20 bits per heavy atom. The van der Waals surface area contributed by atoms with Crippen molar-refractivity contribution < 1.29 is 101 Å². The van der Waals surface area contributed by atoms with E-state index in [0.29, 0.717) is 166 Å². The van der Waals surface area contributed by atoms with Gasteiger partial charge in [0.15, 0.2) is 6.10 Å². The third-order valence-corrected chi connectivity index (χ3v) is 24.4. The number of allylic oxidation sites excluding steroid dienone is 4. The highest BCUT2D eigenvalue weighted by molar-refractivity contribution is 9.10. The summed E-state index contributed by atoms with van der Waals surface area (Å²) in [7, 11) is 4.62. The Labute approximate surface area is 678 Å². The summed E-state index contributed by atoms with van der Waals surface area (Å²) in [5.74, 6) is -8.17. The maximum Gasteiger partial charge on any atom is 0.339 e. The summed E-state index contributed by atoms with van der Waals surface area (Å²) < 4.78 is 68.3. The smallest absolute Gasteiger partial charge is 0.339 e. The molecule has 5 aliphatic heterocycles. The zero-order valence-corrected chi connectivity index (χ0v) is 69.8. The number of piperidine rings is 1. The normalized spacial score (nSPS) is 29.7. The number of aryl methyl sites for hydroxylation is 2. The summed E-state index contributed by atoms with van der Waals surface area (Å²) >= 11 is 5.40. The van der Waals surface area contributed by atoms with Gasteiger partial charge in [-0.15, -0.1) is 11.7 Å². The molecule has 1 saturated carbocycles. The number of urea groups is 1. The van der Waals surface area contributed by atoms with Crippen LogP contribution >= 0.6 is 27.7 Å². The number of rotatable bonds is 40. The number of aliphatic hydroxyl groups excluding tert-OH is 1. The lowest BCUT2D eigenvalue weighted by Crippen LogP contribution is -2.64. The molecule has 2 aromatic rings. The topological polar surface area (TPSA) is 361 Å². The minimum Gasteiger partial charge on any atom is -0.464 e. The predicted molar refractivity (Wildman–Crippen MR) is 425 cm³/mol. The van der Waals surface area contributed by atoms with Gasteiger partial charge in [0.1, 0.15) is 24.0 Å². The number of nitrogens with one attached hydrogen (secondary N) is 4. The molecule has 1 aromatic heterocycles. The molecule has 18 atom stereocenters. The minimum atomic E-state index is -2.58. The van der Waals surface area contributed by atoms with Crippen molar-refractivity contribution in [3.8, 4) is 0 Å². The third kappa shape index (κ3) is 28.6. The van der Waals surface area contributed by atoms with E-state index < -0.39 is 102 Å². The molecule has 6 heterocycles. The number of fused-ring (bicyclic) bond motifs is 4. The fourth-order valence-electron chi connectivity index (χ4n) is 16.0. The van der Waals surface area contributed by atoms with E-state index in [1.807, 2.05) is 68.2 Å². The molecular weight excluding hydrogens is 1540 g/mol. The van der Waals surface area contributed by atoms with Crippen LogP contribution in [0.1, 0.15) is 174 Å². The van der Waals surface area contributed by atoms with Crippen molar-refractivity contribution >= 4 is 74.9 Å². The first-order valence-electron chi connectivity index (χ1n) is 40.6. The van der Waals surface area contributed by atoms with Crippen molar-refractivity contribution in [3.05, 3.63) is 82.1 Å². The number of carbonyl (C=O) groups excluding carboxylic acids is 8. The number of benzene rings is 1. The highest BCUT2D eigenvalue weighted by atomic mass is 79.9. The molecule has 1 aromatic carbocycles. The highest BCUT2D eigenvalue weighted by Crippen LogP contribution is 2.41. The van der Waals surface area contributed by atoms with Gasteiger partial charge in [0, 0.05) is 106 Å². The Balaban J connectivity index is 0.744. The van der Waals surface area contributed by atoms with E-state index >= 15 is 0 Å². The van der Waals surface area contributed by atoms with Gasteiger partial charge in [-0.1, -0.05) is 84.3 Å². The van der Waals surface area contributed by atoms with Crippen LogP contribution in [0.2, 0.25) is 0 Å². The lowest BCUT2D eigenvalue weighted by molar-refractivity contribution is -0.302. The number of amides is 5. The number of Topliss-reactive ketones (excluding diaryl/α,β-unsaturated/α-hetero) is 2. The number of cyclic esters (lactones) is 1. The fraction of sp³-hybridized carbons (Fsp3) is 0.732. The van der Waals surface area contributed by atoms with E-state index in [1.165, 1.54) is 19.1 Å². The van der Waals surface area contributed by atoms with Gasteiger partial charge in [0.2, 0.25) is 17.6 Å². The van der Waals surface area contributed by atoms with E-state index in [-0.39, 0.29) is 93.0 Å². The second-order valence-corrected chi connectivity index (χ2v) is 33.2. The van der Waals surface area contributed by atoms with E-state index in [0.717, 1.165) is 40.8 Å². The second kappa shape index (κ2) is 48.0. The number of ether oxygens (including phenoxy) is 11. The Bertz CT molecular complexity index is 3420. The standard InChI is InChI=1S/C82H125BrN8O21S/c1-10-18-59-44-52(2)43-53(3)45-68(103-8)76-69(104-9)47-55(5)82(101,112-76)77(96)78(97)91-33-15-13-20-63(91)79(98)111-74(56(6)64(92)49-65(59)93)54(4)46-57-23-28-66(67(48-57)102-7)110-75(58-24-26-60(83)27-25-58)80(99)109-34-16-14-19-61-50-90(89-88-61)32-17-30-84-72(95)29-35-105-37-39-107-41-42-108-40-38-106-36-31-85-71(94)22-12-11-21-70-73-62(51-113-70)86-81(100)87-73/h10,24-27,44,46,50,53,55-57,59,62-64,66-70,73-76,92,101H,1,11-23,28-43,45,47-49,51H2,2-9H3,(H,84,95)(H,85,94)(H2,86,87,100)/b52-44+,54-46+/t53-,55+,56+,57-,59+,62-,63-,64-,66+,67+,68-,69-,70-,73-,74+,75?,76+,82+/m0/s1. The number of halogens is 1. The minimum absolute atomic E-state index is 0.0106. The molecule has 113 heavy (non-hydrogen) atoms. The number of esters is 2. The summed E-state index contributed by atoms with van der Waals surface area (Å²) in [6.07, 6.45) is 10.4. The van der Waals surface area contributed by atoms with Crippen LogP contribution in [0.4, 0.5) is 4.79 Å². The number of aliphatic hydroxyl groups is 2. The molecule has 5 amide bonds. The quantitative estimate of drug-likeness (QED) is 0.0120. The van der Waals surface area contributed by atoms with Crippen LogP contribution in [0.3, 0.4) is 0 Å². The maximum atomic E-state index is 14.9. The van der Waals surface area contributed by atoms with Gasteiger partial charge < -0.3 is 88.5 Å². The number of carbonyl (C=O) groups is 8. The van der Waals surface area contributed by atoms with Crippen LogP contribution in [0.5, 0.6) is 0 Å². The molecule has 6 aliphatic rings. The molecule has 6 N–H and O–H groups in total. The number of hydrogen-bond acceptors (Lipinski definition) is 24. The van der Waals surface area contributed by atoms with E-state index in [9.17, 15) is 48.6 Å². The Kier molecular flexibility index (Phi) is 39.2. The van der Waals surface area contributed by atoms with E-state index in [4.69, 9.17) is 52.1 Å². The summed E-state index contributed by atoms with van der Waals surface area (Å²) in [6.45, 7) is 17.6. The highest BCUT2D eigenvalue weighted by Gasteiger charge is 2.57. The average Bonchev–Trinajstić information content (AvgIpc) is 1.48. The average molecular weight is 1670 g/mol. The van der Waals surface area contributed by atoms with Crippen molar-refractivity contribution in [2.24, 2.45) is 29.6 Å². The summed E-state index contributed by atoms with van der Waals surface area (Å²) in [6, 6.07) is 6.38. The zero-order chi connectivity index (χ0) is 81.4. The van der Waals surface area contributed by atoms with Gasteiger partial charge in [-0.05, 0) is 152 Å². The van der Waals surface area contributed by atoms with Crippen LogP contribution in [-0.4, -0.2) is 255 Å². The molecule has 1 aliphatic carbocycles. The molecule has 5 fully saturated rings. The molecule has 8 rings (SSSR count). The van der Waals surface area contributed by atoms with Gasteiger partial charge in [-0.3, -0.25) is 28.7 Å². The lowest BCUT2D eigenvalue weighted by atomic mass is 9.81. The largest absolute Gasteiger partial charge is 0.464 e. The monoisotopic (exact) mass is 1670 g/mol. The summed E-state index contributed by atoms with van der Waals surface area (Å²) in [5, 5.41) is 45.2.